The Morgan fingerprint density at radius 1 is 1.53 bits per heavy atom. The van der Waals surface area contributed by atoms with E-state index in [1.54, 1.807) is 0 Å². The van der Waals surface area contributed by atoms with E-state index in [0.29, 0.717) is 6.42 Å². The summed E-state index contributed by atoms with van der Waals surface area (Å²) < 4.78 is 28.2. The lowest BCUT2D eigenvalue weighted by atomic mass is 10.0. The summed E-state index contributed by atoms with van der Waals surface area (Å²) in [4.78, 5) is 0. The van der Waals surface area contributed by atoms with Crippen molar-refractivity contribution in [3.63, 3.8) is 0 Å². The Morgan fingerprint density at radius 3 is 2.67 bits per heavy atom. The molecular weight excluding hydrogens is 202 g/mol. The van der Waals surface area contributed by atoms with Crippen LogP contribution < -0.4 is 11.3 Å². The Kier molecular flexibility index (Phi) is 8.46. The zero-order chi connectivity index (χ0) is 11.7. The van der Waals surface area contributed by atoms with Gasteiger partial charge in [0.05, 0.1) is 0 Å². The van der Waals surface area contributed by atoms with Crippen LogP contribution >= 0.6 is 0 Å². The highest BCUT2D eigenvalue weighted by molar-refractivity contribution is 4.95. The molecule has 15 heavy (non-hydrogen) atoms. The van der Waals surface area contributed by atoms with Crippen LogP contribution in [0.1, 0.15) is 26.2 Å². The quantitative estimate of drug-likeness (QED) is 0.271. The number of ether oxygens (including phenoxy) is 1. The average molecular weight is 222 g/mol. The lowest BCUT2D eigenvalue weighted by molar-refractivity contribution is 0.0144. The highest BCUT2D eigenvalue weighted by Crippen LogP contribution is 2.09. The molecule has 0 bridgehead atoms. The van der Waals surface area contributed by atoms with Crippen LogP contribution in [0.4, 0.5) is 8.78 Å². The number of nitrogens with two attached hydrogens (primary N) is 1. The molecule has 1 atom stereocenters. The van der Waals surface area contributed by atoms with Gasteiger partial charge >= 0.3 is 0 Å². The summed E-state index contributed by atoms with van der Waals surface area (Å²) in [5, 5.41) is 0. The summed E-state index contributed by atoms with van der Waals surface area (Å²) in [6.07, 6.45) is -0.136. The first-order valence-corrected chi connectivity index (χ1v) is 5.08. The summed E-state index contributed by atoms with van der Waals surface area (Å²) in [6, 6.07) is 0.0510. The molecule has 0 spiro atoms. The molecule has 0 aromatic rings. The van der Waals surface area contributed by atoms with E-state index in [9.17, 15) is 8.78 Å². The third kappa shape index (κ3) is 8.47. The van der Waals surface area contributed by atoms with Crippen LogP contribution in [0.5, 0.6) is 0 Å². The molecule has 3 nitrogen and oxygen atoms in total. The molecule has 0 aromatic carbocycles. The second-order valence-corrected chi connectivity index (χ2v) is 3.43. The van der Waals surface area contributed by atoms with Gasteiger partial charge in [0.25, 0.3) is 6.43 Å². The first kappa shape index (κ1) is 14.5. The van der Waals surface area contributed by atoms with Crippen molar-refractivity contribution in [2.75, 3.05) is 13.2 Å². The van der Waals surface area contributed by atoms with E-state index in [1.807, 2.05) is 6.92 Å². The summed E-state index contributed by atoms with van der Waals surface area (Å²) in [7, 11) is 0. The van der Waals surface area contributed by atoms with Crippen molar-refractivity contribution < 1.29 is 13.5 Å². The Hall–Kier alpha value is -0.520. The van der Waals surface area contributed by atoms with Gasteiger partial charge in [-0.15, -0.1) is 0 Å². The zero-order valence-electron chi connectivity index (χ0n) is 9.14. The number of halogens is 2. The van der Waals surface area contributed by atoms with Crippen LogP contribution in [0.2, 0.25) is 0 Å². The number of hydrazine groups is 1. The van der Waals surface area contributed by atoms with Crippen molar-refractivity contribution in [2.45, 2.75) is 38.7 Å². The molecular formula is C10H20F2N2O. The first-order chi connectivity index (χ1) is 7.10. The molecule has 0 aliphatic rings. The SMILES string of the molecule is C=C(CC)CC(CCOCC(F)F)NN. The average Bonchev–Trinajstić information content (AvgIpc) is 2.21. The van der Waals surface area contributed by atoms with Crippen LogP contribution in [-0.4, -0.2) is 25.7 Å². The van der Waals surface area contributed by atoms with Crippen LogP contribution in [0, 0.1) is 0 Å². The maximum Gasteiger partial charge on any atom is 0.261 e. The van der Waals surface area contributed by atoms with Crippen LogP contribution in [0.3, 0.4) is 0 Å². The fourth-order valence-corrected chi connectivity index (χ4v) is 1.14. The molecule has 0 rings (SSSR count). The molecule has 0 radical (unpaired) electrons. The Balaban J connectivity index is 3.57. The smallest absolute Gasteiger partial charge is 0.261 e. The number of hydrogen-bond acceptors (Lipinski definition) is 3. The predicted molar refractivity (Wildman–Crippen MR) is 56.6 cm³/mol. The molecule has 0 heterocycles. The highest BCUT2D eigenvalue weighted by atomic mass is 19.3. The molecule has 0 aromatic heterocycles. The van der Waals surface area contributed by atoms with Crippen LogP contribution in [0.25, 0.3) is 0 Å². The summed E-state index contributed by atoms with van der Waals surface area (Å²) in [5.41, 5.74) is 3.72. The van der Waals surface area contributed by atoms with Gasteiger partial charge in [-0.2, -0.15) is 0 Å². The van der Waals surface area contributed by atoms with Gasteiger partial charge in [-0.25, -0.2) is 8.78 Å². The van der Waals surface area contributed by atoms with Gasteiger partial charge in [-0.05, 0) is 19.3 Å². The van der Waals surface area contributed by atoms with E-state index in [0.717, 1.165) is 18.4 Å². The van der Waals surface area contributed by atoms with E-state index >= 15 is 0 Å². The number of alkyl halides is 2. The van der Waals surface area contributed by atoms with E-state index in [4.69, 9.17) is 10.6 Å². The van der Waals surface area contributed by atoms with E-state index < -0.39 is 13.0 Å². The number of hydrogen-bond donors (Lipinski definition) is 2. The fourth-order valence-electron chi connectivity index (χ4n) is 1.14. The van der Waals surface area contributed by atoms with Crippen LogP contribution in [0.15, 0.2) is 12.2 Å². The molecule has 0 saturated carbocycles. The van der Waals surface area contributed by atoms with Crippen molar-refractivity contribution in [3.8, 4) is 0 Å². The highest BCUT2D eigenvalue weighted by Gasteiger charge is 2.08. The maximum atomic E-state index is 11.7. The summed E-state index contributed by atoms with van der Waals surface area (Å²) in [5.74, 6) is 5.32. The van der Waals surface area contributed by atoms with Gasteiger partial charge in [0.1, 0.15) is 6.61 Å². The van der Waals surface area contributed by atoms with Gasteiger partial charge in [0.15, 0.2) is 0 Å². The molecule has 5 heteroatoms. The lowest BCUT2D eigenvalue weighted by Crippen LogP contribution is -2.36. The van der Waals surface area contributed by atoms with Gasteiger partial charge in [0.2, 0.25) is 0 Å². The largest absolute Gasteiger partial charge is 0.375 e. The first-order valence-electron chi connectivity index (χ1n) is 5.08. The summed E-state index contributed by atoms with van der Waals surface area (Å²) >= 11 is 0. The number of rotatable bonds is 9. The fraction of sp³-hybridized carbons (Fsp3) is 0.800. The van der Waals surface area contributed by atoms with Crippen molar-refractivity contribution in [1.82, 2.24) is 5.43 Å². The van der Waals surface area contributed by atoms with Crippen molar-refractivity contribution in [3.05, 3.63) is 12.2 Å². The Labute approximate surface area is 89.6 Å². The molecule has 0 saturated heterocycles. The van der Waals surface area contributed by atoms with Crippen molar-refractivity contribution in [1.29, 1.82) is 0 Å². The Morgan fingerprint density at radius 2 is 2.20 bits per heavy atom. The van der Waals surface area contributed by atoms with Gasteiger partial charge < -0.3 is 4.74 Å². The predicted octanol–water partition coefficient (Wildman–Crippen LogP) is 1.85. The molecule has 3 N–H and O–H groups in total. The molecule has 0 amide bonds. The third-order valence-corrected chi connectivity index (χ3v) is 2.13. The minimum atomic E-state index is -2.40. The minimum Gasteiger partial charge on any atom is -0.375 e. The van der Waals surface area contributed by atoms with Crippen molar-refractivity contribution >= 4 is 0 Å². The molecule has 1 unspecified atom stereocenters. The van der Waals surface area contributed by atoms with Gasteiger partial charge in [-0.1, -0.05) is 19.1 Å². The standard InChI is InChI=1S/C10H20F2N2O/c1-3-8(2)6-9(14-13)4-5-15-7-10(11)12/h9-10,14H,2-7,13H2,1H3. The molecule has 0 aliphatic carbocycles. The van der Waals surface area contributed by atoms with Crippen molar-refractivity contribution in [2.24, 2.45) is 5.84 Å². The Bertz CT molecular complexity index is 177. The van der Waals surface area contributed by atoms with E-state index in [1.165, 1.54) is 0 Å². The zero-order valence-corrected chi connectivity index (χ0v) is 9.14. The second kappa shape index (κ2) is 8.76. The normalized spacial score (nSPS) is 13.1. The maximum absolute atomic E-state index is 11.7. The minimum absolute atomic E-state index is 0.0510. The topological polar surface area (TPSA) is 47.3 Å². The van der Waals surface area contributed by atoms with E-state index in [-0.39, 0.29) is 12.6 Å². The van der Waals surface area contributed by atoms with Crippen LogP contribution in [-0.2, 0) is 4.74 Å². The molecule has 0 fully saturated rings. The molecule has 90 valence electrons. The monoisotopic (exact) mass is 222 g/mol. The van der Waals surface area contributed by atoms with E-state index in [2.05, 4.69) is 12.0 Å². The van der Waals surface area contributed by atoms with Gasteiger partial charge in [-0.3, -0.25) is 11.3 Å². The summed E-state index contributed by atoms with van der Waals surface area (Å²) in [6.45, 7) is 5.66. The number of nitrogens with one attached hydrogen (secondary N) is 1. The second-order valence-electron chi connectivity index (χ2n) is 3.43. The molecule has 0 aliphatic heterocycles. The van der Waals surface area contributed by atoms with Gasteiger partial charge in [0, 0.05) is 12.6 Å². The lowest BCUT2D eigenvalue weighted by Gasteiger charge is -2.16. The third-order valence-electron chi connectivity index (χ3n) is 2.13.